The van der Waals surface area contributed by atoms with E-state index in [2.05, 4.69) is 30.4 Å². The van der Waals surface area contributed by atoms with Crippen molar-refractivity contribution in [3.05, 3.63) is 36.2 Å². The highest BCUT2D eigenvalue weighted by Gasteiger charge is 2.08. The fourth-order valence-electron chi connectivity index (χ4n) is 1.51. The molecule has 1 aliphatic rings. The molecule has 1 aliphatic heterocycles. The predicted octanol–water partition coefficient (Wildman–Crippen LogP) is 2.03. The van der Waals surface area contributed by atoms with Crippen LogP contribution in [0.1, 0.15) is 11.1 Å². The molecule has 1 nitrogen and oxygen atoms in total. The van der Waals surface area contributed by atoms with Gasteiger partial charge in [-0.1, -0.05) is 12.1 Å². The van der Waals surface area contributed by atoms with Crippen LogP contribution in [0.3, 0.4) is 0 Å². The Kier molecular flexibility index (Phi) is 1.57. The van der Waals surface area contributed by atoms with Crippen molar-refractivity contribution >= 4 is 5.69 Å². The van der Waals surface area contributed by atoms with Crippen LogP contribution in [0.4, 0.5) is 5.69 Å². The molecular weight excluding hydrogens is 134 g/mol. The van der Waals surface area contributed by atoms with Crippen molar-refractivity contribution in [1.29, 1.82) is 0 Å². The minimum atomic E-state index is 0.896. The minimum Gasteiger partial charge on any atom is -0.384 e. The van der Waals surface area contributed by atoms with E-state index in [1.165, 1.54) is 23.2 Å². The first-order chi connectivity index (χ1) is 5.40. The van der Waals surface area contributed by atoms with Gasteiger partial charge in [-0.05, 0) is 37.0 Å². The number of fused-ring (bicyclic) bond motifs is 1. The van der Waals surface area contributed by atoms with Gasteiger partial charge in [-0.3, -0.25) is 0 Å². The zero-order valence-electron chi connectivity index (χ0n) is 6.56. The fourth-order valence-corrected chi connectivity index (χ4v) is 1.51. The van der Waals surface area contributed by atoms with E-state index < -0.39 is 0 Å². The molecule has 1 radical (unpaired) electrons. The van der Waals surface area contributed by atoms with E-state index >= 15 is 0 Å². The van der Waals surface area contributed by atoms with Gasteiger partial charge in [0.1, 0.15) is 0 Å². The van der Waals surface area contributed by atoms with Crippen molar-refractivity contribution in [2.24, 2.45) is 0 Å². The lowest BCUT2D eigenvalue weighted by molar-refractivity contribution is 1.10. The van der Waals surface area contributed by atoms with Gasteiger partial charge in [-0.2, -0.15) is 0 Å². The van der Waals surface area contributed by atoms with E-state index in [1.807, 2.05) is 0 Å². The molecule has 0 saturated heterocycles. The lowest BCUT2D eigenvalue weighted by Crippen LogP contribution is -1.90. The van der Waals surface area contributed by atoms with E-state index in [1.54, 1.807) is 0 Å². The molecule has 0 fully saturated rings. The number of hydrogen-bond donors (Lipinski definition) is 1. The molecule has 0 saturated carbocycles. The third-order valence-corrected chi connectivity index (χ3v) is 2.17. The lowest BCUT2D eigenvalue weighted by atomic mass is 10.1. The van der Waals surface area contributed by atoms with Crippen LogP contribution in [-0.2, 0) is 12.8 Å². The van der Waals surface area contributed by atoms with Gasteiger partial charge in [0, 0.05) is 12.2 Å². The van der Waals surface area contributed by atoms with Crippen molar-refractivity contribution < 1.29 is 0 Å². The molecule has 1 aromatic carbocycles. The van der Waals surface area contributed by atoms with E-state index in [4.69, 9.17) is 0 Å². The van der Waals surface area contributed by atoms with Gasteiger partial charge >= 0.3 is 0 Å². The summed E-state index contributed by atoms with van der Waals surface area (Å²) < 4.78 is 0. The number of anilines is 1. The number of benzene rings is 1. The van der Waals surface area contributed by atoms with Gasteiger partial charge in [-0.25, -0.2) is 0 Å². The monoisotopic (exact) mass is 146 g/mol. The molecule has 0 spiro atoms. The van der Waals surface area contributed by atoms with Crippen LogP contribution in [-0.4, -0.2) is 6.54 Å². The molecule has 0 unspecified atom stereocenters. The zero-order chi connectivity index (χ0) is 7.68. The topological polar surface area (TPSA) is 12.0 Å². The maximum absolute atomic E-state index is 3.86. The molecule has 11 heavy (non-hydrogen) atoms. The number of nitrogens with one attached hydrogen (secondary N) is 1. The van der Waals surface area contributed by atoms with E-state index in [9.17, 15) is 0 Å². The Morgan fingerprint density at radius 3 is 3.18 bits per heavy atom. The van der Waals surface area contributed by atoms with Crippen molar-refractivity contribution in [3.8, 4) is 0 Å². The van der Waals surface area contributed by atoms with Gasteiger partial charge in [-0.15, -0.1) is 0 Å². The van der Waals surface area contributed by atoms with E-state index in [-0.39, 0.29) is 0 Å². The summed E-state index contributed by atoms with van der Waals surface area (Å²) in [6.07, 6.45) is 2.07. The second-order valence-electron chi connectivity index (χ2n) is 2.92. The van der Waals surface area contributed by atoms with Gasteiger partial charge in [0.2, 0.25) is 0 Å². The van der Waals surface area contributed by atoms with Gasteiger partial charge in [0.15, 0.2) is 0 Å². The Hall–Kier alpha value is -0.980. The quantitative estimate of drug-likeness (QED) is 0.639. The highest BCUT2D eigenvalue weighted by molar-refractivity contribution is 5.56. The molecule has 1 heterocycles. The first-order valence-electron chi connectivity index (χ1n) is 4.05. The van der Waals surface area contributed by atoms with E-state index in [0.717, 1.165) is 13.0 Å². The summed E-state index contributed by atoms with van der Waals surface area (Å²) in [6, 6.07) is 6.55. The first-order valence-corrected chi connectivity index (χ1v) is 4.05. The van der Waals surface area contributed by atoms with E-state index in [0.29, 0.717) is 0 Å². The van der Waals surface area contributed by atoms with Crippen LogP contribution in [0.25, 0.3) is 0 Å². The Labute approximate surface area is 67.4 Å². The van der Waals surface area contributed by atoms with Gasteiger partial charge in [0.05, 0.1) is 0 Å². The maximum Gasteiger partial charge on any atom is 0.0373 e. The molecule has 0 bridgehead atoms. The van der Waals surface area contributed by atoms with Crippen molar-refractivity contribution in [2.45, 2.75) is 12.8 Å². The normalized spacial score (nSPS) is 14.3. The molecule has 1 aromatic rings. The summed E-state index contributed by atoms with van der Waals surface area (Å²) in [6.45, 7) is 4.95. The Morgan fingerprint density at radius 2 is 2.36 bits per heavy atom. The van der Waals surface area contributed by atoms with Crippen LogP contribution in [0.2, 0.25) is 0 Å². The Morgan fingerprint density at radius 1 is 1.45 bits per heavy atom. The SMILES string of the molecule is [CH2]Cc1ccc2c(c1)CCN2. The molecule has 1 N–H and O–H groups in total. The Balaban J connectivity index is 2.41. The molecule has 1 heteroatoms. The van der Waals surface area contributed by atoms with Crippen LogP contribution < -0.4 is 5.32 Å². The molecule has 0 aromatic heterocycles. The van der Waals surface area contributed by atoms with Crippen LogP contribution >= 0.6 is 0 Å². The average Bonchev–Trinajstić information content (AvgIpc) is 2.50. The summed E-state index contributed by atoms with van der Waals surface area (Å²) in [5.74, 6) is 0. The predicted molar refractivity (Wildman–Crippen MR) is 47.7 cm³/mol. The first kappa shape index (κ1) is 6.71. The standard InChI is InChI=1S/C10H12N/c1-2-8-3-4-10-9(7-8)5-6-11-10/h3-4,7,11H,1-2,5-6H2. The number of rotatable bonds is 1. The second kappa shape index (κ2) is 2.57. The highest BCUT2D eigenvalue weighted by Crippen LogP contribution is 2.22. The molecule has 0 aliphatic carbocycles. The average molecular weight is 146 g/mol. The molecule has 0 atom stereocenters. The summed E-state index contributed by atoms with van der Waals surface area (Å²) in [4.78, 5) is 0. The van der Waals surface area contributed by atoms with Crippen LogP contribution in [0, 0.1) is 6.92 Å². The smallest absolute Gasteiger partial charge is 0.0373 e. The molecule has 2 rings (SSSR count). The summed E-state index contributed by atoms with van der Waals surface area (Å²) >= 11 is 0. The van der Waals surface area contributed by atoms with Gasteiger partial charge < -0.3 is 5.32 Å². The number of hydrogen-bond acceptors (Lipinski definition) is 1. The van der Waals surface area contributed by atoms with Crippen molar-refractivity contribution in [3.63, 3.8) is 0 Å². The third kappa shape index (κ3) is 1.11. The van der Waals surface area contributed by atoms with Crippen molar-refractivity contribution in [2.75, 3.05) is 11.9 Å². The second-order valence-corrected chi connectivity index (χ2v) is 2.92. The highest BCUT2D eigenvalue weighted by atomic mass is 14.9. The zero-order valence-corrected chi connectivity index (χ0v) is 6.56. The third-order valence-electron chi connectivity index (χ3n) is 2.17. The Bertz CT molecular complexity index is 266. The maximum atomic E-state index is 3.86. The lowest BCUT2D eigenvalue weighted by Gasteiger charge is -2.00. The minimum absolute atomic E-state index is 0.896. The fraction of sp³-hybridized carbons (Fsp3) is 0.300. The summed E-state index contributed by atoms with van der Waals surface area (Å²) in [5.41, 5.74) is 4.10. The van der Waals surface area contributed by atoms with Crippen molar-refractivity contribution in [1.82, 2.24) is 0 Å². The summed E-state index contributed by atoms with van der Waals surface area (Å²) in [7, 11) is 0. The van der Waals surface area contributed by atoms with Crippen LogP contribution in [0.15, 0.2) is 18.2 Å². The molecule has 0 amide bonds. The summed E-state index contributed by atoms with van der Waals surface area (Å²) in [5, 5.41) is 3.33. The van der Waals surface area contributed by atoms with Gasteiger partial charge in [0.25, 0.3) is 0 Å². The largest absolute Gasteiger partial charge is 0.384 e. The molecule has 57 valence electrons. The molecular formula is C10H12N. The van der Waals surface area contributed by atoms with Crippen LogP contribution in [0.5, 0.6) is 0 Å².